The summed E-state index contributed by atoms with van der Waals surface area (Å²) in [5, 5.41) is 9.94. The molecule has 45 heavy (non-hydrogen) atoms. The van der Waals surface area contributed by atoms with Crippen LogP contribution in [0.5, 0.6) is 0 Å². The zero-order valence-electron chi connectivity index (χ0n) is 26.7. The van der Waals surface area contributed by atoms with Gasteiger partial charge in [0.2, 0.25) is 0 Å². The Bertz CT molecular complexity index is 1330. The number of hydrogen-bond acceptors (Lipinski definition) is 5. The number of oxazole rings is 1. The predicted octanol–water partition coefficient (Wildman–Crippen LogP) is 8.02. The minimum Gasteiger partial charge on any atom is -0.480 e. The van der Waals surface area contributed by atoms with Crippen molar-refractivity contribution in [3.63, 3.8) is 0 Å². The Morgan fingerprint density at radius 1 is 1.07 bits per heavy atom. The Morgan fingerprint density at radius 2 is 1.76 bits per heavy atom. The molecule has 2 aromatic carbocycles. The summed E-state index contributed by atoms with van der Waals surface area (Å²) in [6.07, 6.45) is 5.40. The van der Waals surface area contributed by atoms with Gasteiger partial charge in [0.05, 0.1) is 5.69 Å². The Hall–Kier alpha value is -2.16. The number of carboxylic acids is 1. The van der Waals surface area contributed by atoms with Crippen LogP contribution in [0.15, 0.2) is 59.0 Å². The van der Waals surface area contributed by atoms with E-state index in [9.17, 15) is 14.3 Å². The van der Waals surface area contributed by atoms with Crippen LogP contribution in [0, 0.1) is 17.7 Å². The molecule has 1 saturated heterocycles. The van der Waals surface area contributed by atoms with Gasteiger partial charge in [-0.25, -0.2) is 9.37 Å². The predicted molar refractivity (Wildman–Crippen MR) is 185 cm³/mol. The van der Waals surface area contributed by atoms with E-state index in [1.54, 1.807) is 12.1 Å². The number of hydrogen-bond donors (Lipinski definition) is 1. The van der Waals surface area contributed by atoms with Crippen molar-refractivity contribution in [3.8, 4) is 0 Å². The molecule has 3 unspecified atom stereocenters. The number of aryl methyl sites for hydroxylation is 1. The van der Waals surface area contributed by atoms with Crippen molar-refractivity contribution in [2.75, 3.05) is 26.7 Å². The highest BCUT2D eigenvalue weighted by Gasteiger charge is 2.42. The Balaban J connectivity index is 0.00000235. The summed E-state index contributed by atoms with van der Waals surface area (Å²) in [6, 6.07) is 17.0. The van der Waals surface area contributed by atoms with Gasteiger partial charge < -0.3 is 14.4 Å². The first-order valence-corrected chi connectivity index (χ1v) is 15.7. The first-order valence-electron chi connectivity index (χ1n) is 15.7. The average Bonchev–Trinajstić information content (AvgIpc) is 3.58. The van der Waals surface area contributed by atoms with Crippen LogP contribution < -0.4 is 0 Å². The van der Waals surface area contributed by atoms with Crippen LogP contribution in [-0.4, -0.2) is 64.6 Å². The molecule has 2 fully saturated rings. The summed E-state index contributed by atoms with van der Waals surface area (Å²) >= 11 is 0. The lowest BCUT2D eigenvalue weighted by Crippen LogP contribution is -2.47. The van der Waals surface area contributed by atoms with Crippen molar-refractivity contribution in [3.05, 3.63) is 88.9 Å². The van der Waals surface area contributed by atoms with Gasteiger partial charge in [-0.1, -0.05) is 63.2 Å². The van der Waals surface area contributed by atoms with Crippen molar-refractivity contribution < 1.29 is 18.7 Å². The van der Waals surface area contributed by atoms with Crippen LogP contribution >= 0.6 is 37.2 Å². The lowest BCUT2D eigenvalue weighted by molar-refractivity contribution is -0.145. The molecule has 3 aromatic rings. The number of benzene rings is 2. The summed E-state index contributed by atoms with van der Waals surface area (Å²) in [7, 11) is 1.95. The molecule has 0 amide bonds. The van der Waals surface area contributed by atoms with Crippen molar-refractivity contribution in [2.24, 2.45) is 11.8 Å². The molecule has 1 aromatic heterocycles. The number of rotatable bonds is 11. The van der Waals surface area contributed by atoms with Gasteiger partial charge in [0.15, 0.2) is 5.89 Å². The highest BCUT2D eigenvalue weighted by molar-refractivity contribution is 5.86. The van der Waals surface area contributed by atoms with E-state index >= 15 is 0 Å². The second-order valence-corrected chi connectivity index (χ2v) is 12.7. The van der Waals surface area contributed by atoms with E-state index in [0.29, 0.717) is 18.3 Å². The number of carboxylic acid groups (broad SMARTS) is 1. The maximum Gasteiger partial charge on any atom is 0.321 e. The topological polar surface area (TPSA) is 69.8 Å². The molecule has 10 heteroatoms. The van der Waals surface area contributed by atoms with E-state index < -0.39 is 12.0 Å². The SMILES string of the molecule is CCc1nc(Cc2ccccc2)oc1C1CCN(CC2CC(N(C)[C@@H](C(=O)O)C(C)C)CC2c2cccc(F)c2)CC1.Cl.Cl.Cl. The molecular formula is C35H49Cl3FN3O3. The van der Waals surface area contributed by atoms with Crippen LogP contribution in [-0.2, 0) is 17.6 Å². The van der Waals surface area contributed by atoms with Gasteiger partial charge in [-0.2, -0.15) is 0 Å². The Kier molecular flexibility index (Phi) is 15.3. The van der Waals surface area contributed by atoms with E-state index in [-0.39, 0.29) is 60.9 Å². The van der Waals surface area contributed by atoms with Gasteiger partial charge >= 0.3 is 5.97 Å². The smallest absolute Gasteiger partial charge is 0.321 e. The fourth-order valence-corrected chi connectivity index (χ4v) is 7.47. The van der Waals surface area contributed by atoms with Crippen molar-refractivity contribution >= 4 is 43.2 Å². The molecule has 5 rings (SSSR count). The number of halogens is 4. The molecule has 1 N–H and O–H groups in total. The molecule has 4 atom stereocenters. The minimum atomic E-state index is -0.772. The van der Waals surface area contributed by atoms with E-state index in [4.69, 9.17) is 9.40 Å². The summed E-state index contributed by atoms with van der Waals surface area (Å²) in [5.74, 6) is 1.81. The third-order valence-electron chi connectivity index (χ3n) is 9.60. The van der Waals surface area contributed by atoms with E-state index in [2.05, 4.69) is 28.9 Å². The molecule has 0 bridgehead atoms. The highest BCUT2D eigenvalue weighted by Crippen LogP contribution is 2.44. The van der Waals surface area contributed by atoms with Crippen LogP contribution in [0.1, 0.15) is 86.8 Å². The second-order valence-electron chi connectivity index (χ2n) is 12.7. The lowest BCUT2D eigenvalue weighted by Gasteiger charge is -2.35. The standard InChI is InChI=1S/C35H46FN3O3.3ClH/c1-5-31-34(42-32(37-31)18-24-10-7-6-8-11-24)25-14-16-39(17-15-25)22-27-20-29(38(4)33(23(2)3)35(40)41)21-30(27)26-12-9-13-28(36)19-26;;;/h6-13,19,23,25,27,29-30,33H,5,14-18,20-22H2,1-4H3,(H,40,41);3*1H/t27?,29?,30?,33-;;;/m1.../s1. The number of aliphatic carboxylic acids is 1. The molecule has 6 nitrogen and oxygen atoms in total. The number of carbonyl (C=O) groups is 1. The number of piperidine rings is 1. The maximum atomic E-state index is 14.3. The summed E-state index contributed by atoms with van der Waals surface area (Å²) < 4.78 is 20.7. The van der Waals surface area contributed by atoms with Gasteiger partial charge in [-0.15, -0.1) is 37.2 Å². The molecule has 0 radical (unpaired) electrons. The fraction of sp³-hybridized carbons (Fsp3) is 0.543. The first kappa shape index (κ1) is 39.0. The zero-order chi connectivity index (χ0) is 29.8. The van der Waals surface area contributed by atoms with E-state index in [1.165, 1.54) is 11.6 Å². The maximum absolute atomic E-state index is 14.3. The van der Waals surface area contributed by atoms with Gasteiger partial charge in [-0.3, -0.25) is 9.69 Å². The number of likely N-dealkylation sites (N-methyl/N-ethyl adjacent to an activating group) is 1. The molecule has 0 spiro atoms. The fourth-order valence-electron chi connectivity index (χ4n) is 7.47. The quantitative estimate of drug-likeness (QED) is 0.221. The van der Waals surface area contributed by atoms with Crippen LogP contribution in [0.25, 0.3) is 0 Å². The van der Waals surface area contributed by atoms with Gasteiger partial charge in [-0.05, 0) is 93.3 Å². The first-order chi connectivity index (χ1) is 20.2. The summed E-state index contributed by atoms with van der Waals surface area (Å²) in [5.41, 5.74) is 3.33. The van der Waals surface area contributed by atoms with Crippen molar-refractivity contribution in [2.45, 2.75) is 83.2 Å². The largest absolute Gasteiger partial charge is 0.480 e. The average molecular weight is 685 g/mol. The molecule has 2 aliphatic rings. The van der Waals surface area contributed by atoms with Crippen LogP contribution in [0.3, 0.4) is 0 Å². The minimum absolute atomic E-state index is 0. The zero-order valence-corrected chi connectivity index (χ0v) is 29.2. The van der Waals surface area contributed by atoms with Crippen LogP contribution in [0.2, 0.25) is 0 Å². The van der Waals surface area contributed by atoms with Gasteiger partial charge in [0, 0.05) is 24.9 Å². The Labute approximate surface area is 286 Å². The van der Waals surface area contributed by atoms with Crippen molar-refractivity contribution in [1.82, 2.24) is 14.8 Å². The molecule has 1 saturated carbocycles. The van der Waals surface area contributed by atoms with Gasteiger partial charge in [0.1, 0.15) is 17.6 Å². The number of nitrogens with zero attached hydrogens (tertiary/aromatic N) is 3. The normalized spacial score (nSPS) is 21.2. The number of likely N-dealkylation sites (tertiary alicyclic amines) is 1. The third-order valence-corrected chi connectivity index (χ3v) is 9.60. The highest BCUT2D eigenvalue weighted by atomic mass is 35.5. The molecular weight excluding hydrogens is 636 g/mol. The van der Waals surface area contributed by atoms with E-state index in [0.717, 1.165) is 74.6 Å². The third kappa shape index (κ3) is 9.45. The van der Waals surface area contributed by atoms with Crippen molar-refractivity contribution in [1.29, 1.82) is 0 Å². The van der Waals surface area contributed by atoms with E-state index in [1.807, 2.05) is 45.2 Å². The molecule has 1 aliphatic carbocycles. The monoisotopic (exact) mass is 683 g/mol. The van der Waals surface area contributed by atoms with Crippen LogP contribution in [0.4, 0.5) is 4.39 Å². The Morgan fingerprint density at radius 3 is 2.36 bits per heavy atom. The summed E-state index contributed by atoms with van der Waals surface area (Å²) in [4.78, 5) is 21.6. The number of aromatic nitrogens is 1. The van der Waals surface area contributed by atoms with Gasteiger partial charge in [0.25, 0.3) is 0 Å². The second kappa shape index (κ2) is 17.7. The lowest BCUT2D eigenvalue weighted by atomic mass is 9.87. The molecule has 1 aliphatic heterocycles. The molecule has 2 heterocycles. The summed E-state index contributed by atoms with van der Waals surface area (Å²) in [6.45, 7) is 9.00. The molecule has 250 valence electrons.